The van der Waals surface area contributed by atoms with Gasteiger partial charge in [0.25, 0.3) is 5.91 Å². The Balaban J connectivity index is 1.79. The molecular formula is C19H22ClNO2. The summed E-state index contributed by atoms with van der Waals surface area (Å²) in [5.74, 6) is 0.642. The molecule has 0 spiro atoms. The highest BCUT2D eigenvalue weighted by atomic mass is 35.5. The zero-order chi connectivity index (χ0) is 16.9. The van der Waals surface area contributed by atoms with E-state index in [9.17, 15) is 4.79 Å². The standard InChI is InChI=1S/C19H22ClNO2/c1-19(2,3)15-6-4-14(5-7-15)18(22)21-12-13-23-17-10-8-16(20)9-11-17/h4-11H,12-13H2,1-3H3,(H,21,22). The molecule has 0 unspecified atom stereocenters. The van der Waals surface area contributed by atoms with Crippen molar-refractivity contribution in [1.29, 1.82) is 0 Å². The zero-order valence-electron chi connectivity index (χ0n) is 13.7. The number of amides is 1. The van der Waals surface area contributed by atoms with Crippen LogP contribution in [0.2, 0.25) is 5.02 Å². The monoisotopic (exact) mass is 331 g/mol. The Morgan fingerprint density at radius 1 is 1.04 bits per heavy atom. The summed E-state index contributed by atoms with van der Waals surface area (Å²) in [5, 5.41) is 3.52. The Morgan fingerprint density at radius 2 is 1.65 bits per heavy atom. The number of rotatable bonds is 5. The summed E-state index contributed by atoms with van der Waals surface area (Å²) in [5.41, 5.74) is 1.95. The molecule has 2 aromatic rings. The van der Waals surface area contributed by atoms with Gasteiger partial charge in [-0.2, -0.15) is 0 Å². The quantitative estimate of drug-likeness (QED) is 0.822. The van der Waals surface area contributed by atoms with Crippen molar-refractivity contribution in [3.8, 4) is 5.75 Å². The number of nitrogens with one attached hydrogen (secondary N) is 1. The van der Waals surface area contributed by atoms with E-state index in [0.717, 1.165) is 5.75 Å². The summed E-state index contributed by atoms with van der Waals surface area (Å²) in [7, 11) is 0. The smallest absolute Gasteiger partial charge is 0.251 e. The number of carbonyl (C=O) groups is 1. The molecule has 3 nitrogen and oxygen atoms in total. The van der Waals surface area contributed by atoms with Crippen LogP contribution in [0.25, 0.3) is 0 Å². The van der Waals surface area contributed by atoms with Crippen LogP contribution in [0.4, 0.5) is 0 Å². The van der Waals surface area contributed by atoms with Gasteiger partial charge in [0.2, 0.25) is 0 Å². The fraction of sp³-hybridized carbons (Fsp3) is 0.316. The molecule has 0 saturated heterocycles. The maximum Gasteiger partial charge on any atom is 0.251 e. The van der Waals surface area contributed by atoms with Crippen molar-refractivity contribution in [3.05, 3.63) is 64.7 Å². The van der Waals surface area contributed by atoms with Gasteiger partial charge in [-0.1, -0.05) is 44.5 Å². The van der Waals surface area contributed by atoms with Crippen LogP contribution in [0.15, 0.2) is 48.5 Å². The summed E-state index contributed by atoms with van der Waals surface area (Å²) in [6.45, 7) is 7.30. The molecule has 0 aliphatic carbocycles. The average Bonchev–Trinajstić information content (AvgIpc) is 2.52. The minimum absolute atomic E-state index is 0.0847. The second-order valence-electron chi connectivity index (χ2n) is 6.39. The molecule has 4 heteroatoms. The van der Waals surface area contributed by atoms with Gasteiger partial charge in [-0.3, -0.25) is 4.79 Å². The molecule has 0 aliphatic rings. The van der Waals surface area contributed by atoms with E-state index in [0.29, 0.717) is 23.7 Å². The lowest BCUT2D eigenvalue weighted by atomic mass is 9.87. The molecule has 122 valence electrons. The predicted molar refractivity (Wildman–Crippen MR) is 94.4 cm³/mol. The van der Waals surface area contributed by atoms with E-state index in [2.05, 4.69) is 26.1 Å². The maximum absolute atomic E-state index is 12.1. The normalized spacial score (nSPS) is 11.1. The number of hydrogen-bond donors (Lipinski definition) is 1. The van der Waals surface area contributed by atoms with Crippen molar-refractivity contribution in [3.63, 3.8) is 0 Å². The van der Waals surface area contributed by atoms with E-state index in [-0.39, 0.29) is 11.3 Å². The number of carbonyl (C=O) groups excluding carboxylic acids is 1. The third-order valence-corrected chi connectivity index (χ3v) is 3.74. The molecule has 0 fully saturated rings. The van der Waals surface area contributed by atoms with Crippen molar-refractivity contribution in [2.45, 2.75) is 26.2 Å². The second kappa shape index (κ2) is 7.51. The Labute approximate surface area is 142 Å². The van der Waals surface area contributed by atoms with Gasteiger partial charge in [0.05, 0.1) is 6.54 Å². The Hall–Kier alpha value is -2.00. The Morgan fingerprint density at radius 3 is 2.22 bits per heavy atom. The number of benzene rings is 2. The summed E-state index contributed by atoms with van der Waals surface area (Å²) in [4.78, 5) is 12.1. The maximum atomic E-state index is 12.1. The predicted octanol–water partition coefficient (Wildman–Crippen LogP) is 4.45. The van der Waals surface area contributed by atoms with Crippen molar-refractivity contribution in [1.82, 2.24) is 5.32 Å². The lowest BCUT2D eigenvalue weighted by Crippen LogP contribution is -2.28. The fourth-order valence-electron chi connectivity index (χ4n) is 2.09. The minimum Gasteiger partial charge on any atom is -0.492 e. The number of halogens is 1. The zero-order valence-corrected chi connectivity index (χ0v) is 14.5. The first-order chi connectivity index (χ1) is 10.9. The lowest BCUT2D eigenvalue weighted by Gasteiger charge is -2.19. The molecule has 2 aromatic carbocycles. The molecule has 0 radical (unpaired) electrons. The highest BCUT2D eigenvalue weighted by Crippen LogP contribution is 2.22. The van der Waals surface area contributed by atoms with Crippen molar-refractivity contribution in [2.75, 3.05) is 13.2 Å². The highest BCUT2D eigenvalue weighted by molar-refractivity contribution is 6.30. The molecule has 1 amide bonds. The first-order valence-electron chi connectivity index (χ1n) is 7.63. The molecule has 2 rings (SSSR count). The van der Waals surface area contributed by atoms with Crippen molar-refractivity contribution < 1.29 is 9.53 Å². The van der Waals surface area contributed by atoms with Crippen LogP contribution in [0, 0.1) is 0 Å². The first kappa shape index (κ1) is 17.4. The molecular weight excluding hydrogens is 310 g/mol. The van der Waals surface area contributed by atoms with Gasteiger partial charge in [-0.15, -0.1) is 0 Å². The van der Waals surface area contributed by atoms with E-state index in [1.807, 2.05) is 24.3 Å². The van der Waals surface area contributed by atoms with E-state index >= 15 is 0 Å². The largest absolute Gasteiger partial charge is 0.492 e. The lowest BCUT2D eigenvalue weighted by molar-refractivity contribution is 0.0947. The highest BCUT2D eigenvalue weighted by Gasteiger charge is 2.14. The van der Waals surface area contributed by atoms with E-state index in [4.69, 9.17) is 16.3 Å². The number of ether oxygens (including phenoxy) is 1. The van der Waals surface area contributed by atoms with Gasteiger partial charge >= 0.3 is 0 Å². The van der Waals surface area contributed by atoms with Gasteiger partial charge in [-0.05, 0) is 47.4 Å². The van der Waals surface area contributed by atoms with Crippen molar-refractivity contribution >= 4 is 17.5 Å². The summed E-state index contributed by atoms with van der Waals surface area (Å²) in [6.07, 6.45) is 0. The molecule has 0 bridgehead atoms. The van der Waals surface area contributed by atoms with Crippen LogP contribution in [0.5, 0.6) is 5.75 Å². The van der Waals surface area contributed by atoms with Crippen LogP contribution >= 0.6 is 11.6 Å². The molecule has 0 aliphatic heterocycles. The van der Waals surface area contributed by atoms with Gasteiger partial charge < -0.3 is 10.1 Å². The van der Waals surface area contributed by atoms with Gasteiger partial charge in [0, 0.05) is 10.6 Å². The Bertz CT molecular complexity index is 643. The van der Waals surface area contributed by atoms with Crippen LogP contribution in [0.3, 0.4) is 0 Å². The topological polar surface area (TPSA) is 38.3 Å². The molecule has 0 heterocycles. The van der Waals surface area contributed by atoms with Crippen LogP contribution in [0.1, 0.15) is 36.7 Å². The van der Waals surface area contributed by atoms with Gasteiger partial charge in [0.15, 0.2) is 0 Å². The minimum atomic E-state index is -0.0924. The molecule has 0 saturated carbocycles. The molecule has 0 aromatic heterocycles. The third-order valence-electron chi connectivity index (χ3n) is 3.48. The molecule has 23 heavy (non-hydrogen) atoms. The summed E-state index contributed by atoms with van der Waals surface area (Å²) < 4.78 is 5.54. The van der Waals surface area contributed by atoms with Crippen LogP contribution < -0.4 is 10.1 Å². The first-order valence-corrected chi connectivity index (χ1v) is 8.01. The van der Waals surface area contributed by atoms with Gasteiger partial charge in [-0.25, -0.2) is 0 Å². The third kappa shape index (κ3) is 5.29. The molecule has 1 N–H and O–H groups in total. The Kier molecular flexibility index (Phi) is 5.67. The van der Waals surface area contributed by atoms with E-state index < -0.39 is 0 Å². The second-order valence-corrected chi connectivity index (χ2v) is 6.82. The summed E-state index contributed by atoms with van der Waals surface area (Å²) >= 11 is 5.81. The number of hydrogen-bond acceptors (Lipinski definition) is 2. The van der Waals surface area contributed by atoms with Gasteiger partial charge in [0.1, 0.15) is 12.4 Å². The van der Waals surface area contributed by atoms with Crippen molar-refractivity contribution in [2.24, 2.45) is 0 Å². The van der Waals surface area contributed by atoms with E-state index in [1.54, 1.807) is 24.3 Å². The SMILES string of the molecule is CC(C)(C)c1ccc(C(=O)NCCOc2ccc(Cl)cc2)cc1. The van der Waals surface area contributed by atoms with E-state index in [1.165, 1.54) is 5.56 Å². The fourth-order valence-corrected chi connectivity index (χ4v) is 2.21. The van der Waals surface area contributed by atoms with Crippen LogP contribution in [-0.4, -0.2) is 19.1 Å². The summed E-state index contributed by atoms with van der Waals surface area (Å²) in [6, 6.07) is 14.9. The molecule has 0 atom stereocenters. The average molecular weight is 332 g/mol. The van der Waals surface area contributed by atoms with Crippen LogP contribution in [-0.2, 0) is 5.41 Å².